The van der Waals surface area contributed by atoms with Crippen molar-refractivity contribution in [1.29, 1.82) is 0 Å². The minimum Gasteiger partial charge on any atom is -0.300 e. The maximum absolute atomic E-state index is 11.0. The van der Waals surface area contributed by atoms with E-state index in [2.05, 4.69) is 9.78 Å². The zero-order chi connectivity index (χ0) is 12.0. The van der Waals surface area contributed by atoms with Crippen LogP contribution in [0.25, 0.3) is 0 Å². The number of carbonyl (C=O) groups is 2. The highest BCUT2D eigenvalue weighted by Gasteiger charge is 2.31. The van der Waals surface area contributed by atoms with Crippen LogP contribution in [0.1, 0.15) is 5.56 Å². The second kappa shape index (κ2) is 5.84. The van der Waals surface area contributed by atoms with Gasteiger partial charge in [0.1, 0.15) is 0 Å². The van der Waals surface area contributed by atoms with Crippen molar-refractivity contribution in [3.05, 3.63) is 35.9 Å². The Bertz CT molecular complexity index is 345. The van der Waals surface area contributed by atoms with Gasteiger partial charge in [0.2, 0.25) is 0 Å². The van der Waals surface area contributed by atoms with Crippen molar-refractivity contribution in [1.82, 2.24) is 0 Å². The van der Waals surface area contributed by atoms with E-state index >= 15 is 0 Å². The molecule has 0 spiro atoms. The van der Waals surface area contributed by atoms with Crippen molar-refractivity contribution >= 4 is 11.9 Å². The van der Waals surface area contributed by atoms with Gasteiger partial charge in [0, 0.05) is 0 Å². The van der Waals surface area contributed by atoms with Gasteiger partial charge in [-0.05, 0) is 12.0 Å². The number of hydrogen-bond acceptors (Lipinski definition) is 6. The van der Waals surface area contributed by atoms with Crippen LogP contribution >= 0.6 is 0 Å². The van der Waals surface area contributed by atoms with Crippen molar-refractivity contribution < 1.29 is 29.9 Å². The van der Waals surface area contributed by atoms with Crippen molar-refractivity contribution in [2.24, 2.45) is 5.92 Å². The molecule has 1 rings (SSSR count). The first kappa shape index (κ1) is 12.2. The minimum atomic E-state index is -1.39. The smallest absolute Gasteiger partial charge is 0.300 e. The van der Waals surface area contributed by atoms with E-state index in [0.717, 1.165) is 0 Å². The summed E-state index contributed by atoms with van der Waals surface area (Å²) in [6, 6.07) is 8.58. The largest absolute Gasteiger partial charge is 0.356 e. The van der Waals surface area contributed by atoms with Gasteiger partial charge in [-0.3, -0.25) is 0 Å². The summed E-state index contributed by atoms with van der Waals surface area (Å²) in [5.74, 6) is -3.75. The van der Waals surface area contributed by atoms with Crippen LogP contribution in [0.3, 0.4) is 0 Å². The average Bonchev–Trinajstić information content (AvgIpc) is 2.35. The van der Waals surface area contributed by atoms with Gasteiger partial charge in [-0.25, -0.2) is 9.59 Å². The molecule has 1 aromatic carbocycles. The molecule has 6 nitrogen and oxygen atoms in total. The summed E-state index contributed by atoms with van der Waals surface area (Å²) in [4.78, 5) is 29.0. The third-order valence-corrected chi connectivity index (χ3v) is 2.03. The van der Waals surface area contributed by atoms with Crippen molar-refractivity contribution in [2.75, 3.05) is 0 Å². The summed E-state index contributed by atoms with van der Waals surface area (Å²) in [5.41, 5.74) is 0.670. The third-order valence-electron chi connectivity index (χ3n) is 2.03. The van der Waals surface area contributed by atoms with Crippen LogP contribution < -0.4 is 0 Å². The maximum Gasteiger partial charge on any atom is 0.356 e. The highest BCUT2D eigenvalue weighted by Crippen LogP contribution is 2.11. The molecular formula is C10H10O6. The van der Waals surface area contributed by atoms with E-state index in [1.165, 1.54) is 0 Å². The number of benzene rings is 1. The Morgan fingerprint density at radius 1 is 1.06 bits per heavy atom. The molecule has 0 aliphatic heterocycles. The molecule has 0 aliphatic carbocycles. The van der Waals surface area contributed by atoms with E-state index in [4.69, 9.17) is 10.5 Å². The molecule has 0 saturated carbocycles. The van der Waals surface area contributed by atoms with E-state index in [0.29, 0.717) is 5.56 Å². The van der Waals surface area contributed by atoms with Gasteiger partial charge in [-0.1, -0.05) is 30.3 Å². The van der Waals surface area contributed by atoms with E-state index in [-0.39, 0.29) is 6.42 Å². The molecule has 1 aromatic rings. The number of rotatable bonds is 4. The summed E-state index contributed by atoms with van der Waals surface area (Å²) in [6.45, 7) is 0. The van der Waals surface area contributed by atoms with Crippen LogP contribution in [0.5, 0.6) is 0 Å². The molecule has 0 fully saturated rings. The molecule has 0 heterocycles. The van der Waals surface area contributed by atoms with Crippen LogP contribution in [0.2, 0.25) is 0 Å². The number of hydrogen-bond donors (Lipinski definition) is 2. The van der Waals surface area contributed by atoms with Crippen molar-refractivity contribution in [3.8, 4) is 0 Å². The number of carbonyl (C=O) groups excluding carboxylic acids is 2. The molecule has 0 atom stereocenters. The highest BCUT2D eigenvalue weighted by molar-refractivity contribution is 5.94. The summed E-state index contributed by atoms with van der Waals surface area (Å²) in [7, 11) is 0. The van der Waals surface area contributed by atoms with Crippen LogP contribution in [-0.2, 0) is 25.8 Å². The Kier molecular flexibility index (Phi) is 4.43. The molecule has 16 heavy (non-hydrogen) atoms. The van der Waals surface area contributed by atoms with Crippen LogP contribution in [0, 0.1) is 5.92 Å². The molecule has 6 heteroatoms. The predicted molar refractivity (Wildman–Crippen MR) is 51.1 cm³/mol. The Labute approximate surface area is 90.9 Å². The van der Waals surface area contributed by atoms with E-state index < -0.39 is 17.9 Å². The fourth-order valence-corrected chi connectivity index (χ4v) is 1.24. The van der Waals surface area contributed by atoms with Crippen LogP contribution in [0.4, 0.5) is 0 Å². The predicted octanol–water partition coefficient (Wildman–Crippen LogP) is 0.878. The minimum absolute atomic E-state index is 0.0281. The van der Waals surface area contributed by atoms with E-state index in [9.17, 15) is 9.59 Å². The summed E-state index contributed by atoms with van der Waals surface area (Å²) >= 11 is 0. The molecule has 0 saturated heterocycles. The lowest BCUT2D eigenvalue weighted by Gasteiger charge is -2.09. The first-order chi connectivity index (χ1) is 7.69. The Morgan fingerprint density at radius 3 is 2.00 bits per heavy atom. The second-order valence-corrected chi connectivity index (χ2v) is 3.06. The Balaban J connectivity index is 2.79. The molecule has 0 bridgehead atoms. The van der Waals surface area contributed by atoms with E-state index in [1.54, 1.807) is 30.3 Å². The van der Waals surface area contributed by atoms with Crippen molar-refractivity contribution in [3.63, 3.8) is 0 Å². The molecule has 0 amide bonds. The molecule has 2 N–H and O–H groups in total. The van der Waals surface area contributed by atoms with Crippen LogP contribution in [0.15, 0.2) is 30.3 Å². The zero-order valence-electron chi connectivity index (χ0n) is 8.20. The summed E-state index contributed by atoms with van der Waals surface area (Å²) < 4.78 is 0. The topological polar surface area (TPSA) is 93.1 Å². The Hall–Kier alpha value is -1.92. The monoisotopic (exact) mass is 226 g/mol. The first-order valence-electron chi connectivity index (χ1n) is 4.43. The fraction of sp³-hybridized carbons (Fsp3) is 0.200. The first-order valence-corrected chi connectivity index (χ1v) is 4.43. The SMILES string of the molecule is O=C(OO)C(Cc1ccccc1)C(=O)OO. The molecule has 0 aromatic heterocycles. The molecule has 0 aliphatic rings. The van der Waals surface area contributed by atoms with Crippen LogP contribution in [-0.4, -0.2) is 22.5 Å². The standard InChI is InChI=1S/C10H10O6/c11-9(15-13)8(10(12)16-14)6-7-4-2-1-3-5-7/h1-5,8,13-14H,6H2. The van der Waals surface area contributed by atoms with E-state index in [1.807, 2.05) is 0 Å². The lowest BCUT2D eigenvalue weighted by molar-refractivity contribution is -0.254. The lowest BCUT2D eigenvalue weighted by Crippen LogP contribution is -2.28. The average molecular weight is 226 g/mol. The lowest BCUT2D eigenvalue weighted by atomic mass is 10.00. The summed E-state index contributed by atoms with van der Waals surface area (Å²) in [6.07, 6.45) is -0.0281. The summed E-state index contributed by atoms with van der Waals surface area (Å²) in [5, 5.41) is 16.4. The van der Waals surface area contributed by atoms with Gasteiger partial charge in [-0.15, -0.1) is 0 Å². The van der Waals surface area contributed by atoms with Gasteiger partial charge >= 0.3 is 11.9 Å². The maximum atomic E-state index is 11.0. The van der Waals surface area contributed by atoms with Gasteiger partial charge < -0.3 is 9.78 Å². The molecule has 86 valence electrons. The third kappa shape index (κ3) is 3.04. The molecular weight excluding hydrogens is 216 g/mol. The molecule has 0 radical (unpaired) electrons. The second-order valence-electron chi connectivity index (χ2n) is 3.06. The zero-order valence-corrected chi connectivity index (χ0v) is 8.20. The van der Waals surface area contributed by atoms with Gasteiger partial charge in [0.15, 0.2) is 5.92 Å². The fourth-order valence-electron chi connectivity index (χ4n) is 1.24. The normalized spacial score (nSPS) is 9.94. The highest BCUT2D eigenvalue weighted by atomic mass is 17.1. The molecule has 0 unspecified atom stereocenters. The quantitative estimate of drug-likeness (QED) is 0.449. The van der Waals surface area contributed by atoms with Crippen molar-refractivity contribution in [2.45, 2.75) is 6.42 Å². The van der Waals surface area contributed by atoms with Gasteiger partial charge in [-0.2, -0.15) is 10.5 Å². The Morgan fingerprint density at radius 2 is 1.56 bits per heavy atom. The van der Waals surface area contributed by atoms with Gasteiger partial charge in [0.25, 0.3) is 0 Å². The van der Waals surface area contributed by atoms with Gasteiger partial charge in [0.05, 0.1) is 0 Å².